The highest BCUT2D eigenvalue weighted by atomic mass is 79.9. The molecule has 2 aromatic rings. The summed E-state index contributed by atoms with van der Waals surface area (Å²) in [4.78, 5) is 12.4. The maximum Gasteiger partial charge on any atom is 0.240 e. The molecule has 1 unspecified atom stereocenters. The van der Waals surface area contributed by atoms with Crippen LogP contribution in [0, 0.1) is 0 Å². The van der Waals surface area contributed by atoms with E-state index in [1.54, 1.807) is 24.3 Å². The van der Waals surface area contributed by atoms with Crippen LogP contribution in [0.1, 0.15) is 43.9 Å². The lowest BCUT2D eigenvalue weighted by Gasteiger charge is -2.14. The fraction of sp³-hybridized carbons (Fsp3) is 0.350. The van der Waals surface area contributed by atoms with E-state index in [9.17, 15) is 13.2 Å². The van der Waals surface area contributed by atoms with Crippen molar-refractivity contribution in [3.05, 3.63) is 64.1 Å². The fourth-order valence-corrected chi connectivity index (χ4v) is 4.14. The molecule has 1 amide bonds. The van der Waals surface area contributed by atoms with Gasteiger partial charge in [0.15, 0.2) is 0 Å². The predicted octanol–water partition coefficient (Wildman–Crippen LogP) is 3.95. The van der Waals surface area contributed by atoms with Gasteiger partial charge in [0, 0.05) is 17.4 Å². The number of hydrogen-bond donors (Lipinski definition) is 2. The van der Waals surface area contributed by atoms with Gasteiger partial charge in [-0.3, -0.25) is 4.79 Å². The van der Waals surface area contributed by atoms with Gasteiger partial charge in [0.2, 0.25) is 15.9 Å². The van der Waals surface area contributed by atoms with Crippen LogP contribution >= 0.6 is 15.9 Å². The summed E-state index contributed by atoms with van der Waals surface area (Å²) in [7, 11) is -3.45. The maximum atomic E-state index is 12.2. The third-order valence-corrected chi connectivity index (χ3v) is 6.11. The molecule has 146 valence electrons. The van der Waals surface area contributed by atoms with Crippen molar-refractivity contribution in [3.63, 3.8) is 0 Å². The van der Waals surface area contributed by atoms with Gasteiger partial charge >= 0.3 is 0 Å². The number of benzene rings is 2. The third kappa shape index (κ3) is 6.75. The topological polar surface area (TPSA) is 75.3 Å². The number of hydrogen-bond acceptors (Lipinski definition) is 3. The van der Waals surface area contributed by atoms with E-state index in [1.807, 2.05) is 38.1 Å². The SMILES string of the molecule is CCCNS(=O)(=O)c1ccc(CCC(=O)NC(C)c2cccc(Br)c2)cc1. The van der Waals surface area contributed by atoms with Crippen LogP contribution in [0.2, 0.25) is 0 Å². The van der Waals surface area contributed by atoms with Crippen molar-refractivity contribution in [2.75, 3.05) is 6.54 Å². The quantitative estimate of drug-likeness (QED) is 0.604. The van der Waals surface area contributed by atoms with E-state index in [4.69, 9.17) is 0 Å². The van der Waals surface area contributed by atoms with E-state index in [0.717, 1.165) is 22.0 Å². The molecular weight excluding hydrogens is 428 g/mol. The molecule has 0 aliphatic carbocycles. The number of amides is 1. The van der Waals surface area contributed by atoms with Crippen molar-refractivity contribution in [1.29, 1.82) is 0 Å². The van der Waals surface area contributed by atoms with Crippen molar-refractivity contribution in [1.82, 2.24) is 10.0 Å². The Hall–Kier alpha value is -1.70. The summed E-state index contributed by atoms with van der Waals surface area (Å²) in [5.41, 5.74) is 1.96. The molecule has 7 heteroatoms. The highest BCUT2D eigenvalue weighted by Crippen LogP contribution is 2.18. The monoisotopic (exact) mass is 452 g/mol. The normalized spacial score (nSPS) is 12.6. The van der Waals surface area contributed by atoms with Crippen LogP contribution in [0.3, 0.4) is 0 Å². The molecule has 0 aliphatic heterocycles. The lowest BCUT2D eigenvalue weighted by molar-refractivity contribution is -0.121. The minimum Gasteiger partial charge on any atom is -0.350 e. The van der Waals surface area contributed by atoms with Gasteiger partial charge in [-0.15, -0.1) is 0 Å². The van der Waals surface area contributed by atoms with Gasteiger partial charge in [0.25, 0.3) is 0 Å². The number of aryl methyl sites for hydroxylation is 1. The summed E-state index contributed by atoms with van der Waals surface area (Å²) in [5.74, 6) is -0.0382. The zero-order valence-electron chi connectivity index (χ0n) is 15.5. The van der Waals surface area contributed by atoms with Crippen LogP contribution in [0.25, 0.3) is 0 Å². The summed E-state index contributed by atoms with van der Waals surface area (Å²) < 4.78 is 27.7. The van der Waals surface area contributed by atoms with Crippen LogP contribution in [0.15, 0.2) is 57.9 Å². The lowest BCUT2D eigenvalue weighted by atomic mass is 10.1. The second-order valence-electron chi connectivity index (χ2n) is 6.39. The van der Waals surface area contributed by atoms with E-state index in [2.05, 4.69) is 26.0 Å². The molecule has 0 aromatic heterocycles. The van der Waals surface area contributed by atoms with E-state index in [-0.39, 0.29) is 16.8 Å². The number of sulfonamides is 1. The Morgan fingerprint density at radius 2 is 1.85 bits per heavy atom. The van der Waals surface area contributed by atoms with Crippen LogP contribution < -0.4 is 10.0 Å². The zero-order chi connectivity index (χ0) is 19.9. The molecule has 0 radical (unpaired) electrons. The van der Waals surface area contributed by atoms with Gasteiger partial charge in [-0.2, -0.15) is 0 Å². The first kappa shape index (κ1) is 21.6. The Kier molecular flexibility index (Phi) is 8.01. The van der Waals surface area contributed by atoms with Crippen molar-refractivity contribution < 1.29 is 13.2 Å². The summed E-state index contributed by atoms with van der Waals surface area (Å²) in [6.07, 6.45) is 1.64. The summed E-state index contributed by atoms with van der Waals surface area (Å²) in [5, 5.41) is 2.99. The number of rotatable bonds is 9. The minimum atomic E-state index is -3.45. The van der Waals surface area contributed by atoms with Crippen LogP contribution in [0.5, 0.6) is 0 Å². The Balaban J connectivity index is 1.88. The predicted molar refractivity (Wildman–Crippen MR) is 111 cm³/mol. The second-order valence-corrected chi connectivity index (χ2v) is 9.07. The molecular formula is C20H25BrN2O3S. The van der Waals surface area contributed by atoms with E-state index >= 15 is 0 Å². The Bertz CT molecular complexity index is 867. The van der Waals surface area contributed by atoms with Crippen molar-refractivity contribution in [2.24, 2.45) is 0 Å². The first-order valence-electron chi connectivity index (χ1n) is 8.95. The lowest BCUT2D eigenvalue weighted by Crippen LogP contribution is -2.26. The number of carbonyl (C=O) groups excluding carboxylic acids is 1. The molecule has 1 atom stereocenters. The largest absolute Gasteiger partial charge is 0.350 e. The number of carbonyl (C=O) groups is 1. The van der Waals surface area contributed by atoms with Gasteiger partial charge in [0.05, 0.1) is 10.9 Å². The van der Waals surface area contributed by atoms with Crippen molar-refractivity contribution >= 4 is 31.9 Å². The van der Waals surface area contributed by atoms with Crippen LogP contribution in [-0.4, -0.2) is 20.9 Å². The average Bonchev–Trinajstić information content (AvgIpc) is 2.65. The van der Waals surface area contributed by atoms with Gasteiger partial charge < -0.3 is 5.32 Å². The van der Waals surface area contributed by atoms with Gasteiger partial charge in [0.1, 0.15) is 0 Å². The molecule has 0 aliphatic rings. The molecule has 0 bridgehead atoms. The molecule has 0 spiro atoms. The highest BCUT2D eigenvalue weighted by Gasteiger charge is 2.13. The molecule has 27 heavy (non-hydrogen) atoms. The average molecular weight is 453 g/mol. The molecule has 0 fully saturated rings. The zero-order valence-corrected chi connectivity index (χ0v) is 17.9. The van der Waals surface area contributed by atoms with Crippen molar-refractivity contribution in [3.8, 4) is 0 Å². The first-order valence-corrected chi connectivity index (χ1v) is 11.2. The molecule has 2 aromatic carbocycles. The van der Waals surface area contributed by atoms with Gasteiger partial charge in [-0.25, -0.2) is 13.1 Å². The van der Waals surface area contributed by atoms with E-state index < -0.39 is 10.0 Å². The molecule has 5 nitrogen and oxygen atoms in total. The van der Waals surface area contributed by atoms with E-state index in [0.29, 0.717) is 19.4 Å². The molecule has 0 saturated heterocycles. The Morgan fingerprint density at radius 3 is 2.48 bits per heavy atom. The number of nitrogens with one attached hydrogen (secondary N) is 2. The molecule has 2 N–H and O–H groups in total. The second kappa shape index (κ2) is 10.0. The third-order valence-electron chi connectivity index (χ3n) is 4.14. The molecule has 0 heterocycles. The maximum absolute atomic E-state index is 12.2. The standard InChI is InChI=1S/C20H25BrN2O3S/c1-3-13-22-27(25,26)19-10-7-16(8-11-19)9-12-20(24)23-15(2)17-5-4-6-18(21)14-17/h4-8,10-11,14-15,22H,3,9,12-13H2,1-2H3,(H,23,24). The highest BCUT2D eigenvalue weighted by molar-refractivity contribution is 9.10. The van der Waals surface area contributed by atoms with Crippen molar-refractivity contribution in [2.45, 2.75) is 44.0 Å². The van der Waals surface area contributed by atoms with Gasteiger partial charge in [-0.05, 0) is 55.2 Å². The van der Waals surface area contributed by atoms with Gasteiger partial charge in [-0.1, -0.05) is 47.1 Å². The molecule has 2 rings (SSSR count). The Morgan fingerprint density at radius 1 is 1.15 bits per heavy atom. The smallest absolute Gasteiger partial charge is 0.240 e. The summed E-state index contributed by atoms with van der Waals surface area (Å²) in [6, 6.07) is 14.4. The van der Waals surface area contributed by atoms with Crippen LogP contribution in [0.4, 0.5) is 0 Å². The minimum absolute atomic E-state index is 0.0382. The number of halogens is 1. The first-order chi connectivity index (χ1) is 12.8. The summed E-state index contributed by atoms with van der Waals surface area (Å²) >= 11 is 3.43. The Labute approximate surface area is 169 Å². The van der Waals surface area contributed by atoms with Crippen LogP contribution in [-0.2, 0) is 21.2 Å². The summed E-state index contributed by atoms with van der Waals surface area (Å²) in [6.45, 7) is 4.28. The van der Waals surface area contributed by atoms with E-state index in [1.165, 1.54) is 0 Å². The fourth-order valence-electron chi connectivity index (χ4n) is 2.59. The molecule has 0 saturated carbocycles.